The van der Waals surface area contributed by atoms with E-state index >= 15 is 8.42 Å². The van der Waals surface area contributed by atoms with Gasteiger partial charge in [0.25, 0.3) is 0 Å². The largest absolute Gasteiger partial charge is 0.497 e. The van der Waals surface area contributed by atoms with Gasteiger partial charge in [-0.3, -0.25) is 4.98 Å². The zero-order valence-electron chi connectivity index (χ0n) is 33.4. The minimum atomic E-state index is -4.91. The first-order valence-corrected chi connectivity index (χ1v) is 21.8. The Labute approximate surface area is 352 Å². The van der Waals surface area contributed by atoms with Crippen LogP contribution in [0.15, 0.2) is 113 Å². The predicted molar refractivity (Wildman–Crippen MR) is 224 cm³/mol. The molecule has 1 aliphatic rings. The fourth-order valence-corrected chi connectivity index (χ4v) is 10.6. The number of ether oxygens (including phenoxy) is 3. The highest BCUT2D eigenvalue weighted by Crippen LogP contribution is 2.42. The fourth-order valence-electron chi connectivity index (χ4n) is 6.94. The lowest BCUT2D eigenvalue weighted by atomic mass is 10.00. The number of nitrogens with one attached hydrogen (secondary N) is 1. The Morgan fingerprint density at radius 2 is 1.41 bits per heavy atom. The maximum absolute atomic E-state index is 15.8. The molecule has 1 fully saturated rings. The second kappa shape index (κ2) is 17.9. The van der Waals surface area contributed by atoms with Crippen LogP contribution in [0.25, 0.3) is 22.5 Å². The van der Waals surface area contributed by atoms with Crippen molar-refractivity contribution in [2.75, 3.05) is 40.2 Å². The number of nitrogens with two attached hydrogens (primary N) is 1. The number of anilines is 1. The van der Waals surface area contributed by atoms with Crippen LogP contribution in [-0.4, -0.2) is 103 Å². The summed E-state index contributed by atoms with van der Waals surface area (Å²) in [5, 5.41) is 22.8. The Morgan fingerprint density at radius 3 is 1.93 bits per heavy atom. The summed E-state index contributed by atoms with van der Waals surface area (Å²) in [5.74, 6) is 1.54. The van der Waals surface area contributed by atoms with Gasteiger partial charge >= 0.3 is 6.09 Å². The smallest absolute Gasteiger partial charge is 0.407 e. The molecule has 318 valence electrons. The van der Waals surface area contributed by atoms with Crippen molar-refractivity contribution in [3.05, 3.63) is 120 Å². The van der Waals surface area contributed by atoms with Crippen molar-refractivity contribution >= 4 is 31.8 Å². The van der Waals surface area contributed by atoms with Gasteiger partial charge in [-0.15, -0.1) is 10.2 Å². The molecule has 1 saturated heterocycles. The quantitative estimate of drug-likeness (QED) is 0.122. The lowest BCUT2D eigenvalue weighted by molar-refractivity contribution is 0.155. The molecule has 4 N–H and O–H groups in total. The van der Waals surface area contributed by atoms with E-state index in [0.29, 0.717) is 33.9 Å². The zero-order chi connectivity index (χ0) is 43.3. The number of amides is 1. The van der Waals surface area contributed by atoms with E-state index in [0.717, 1.165) is 10.5 Å². The molecule has 0 spiro atoms. The van der Waals surface area contributed by atoms with Crippen molar-refractivity contribution in [3.8, 4) is 39.8 Å². The number of methoxy groups -OCH3 is 3. The number of hydrogen-bond acceptors (Lipinski definition) is 13. The van der Waals surface area contributed by atoms with Crippen molar-refractivity contribution < 1.29 is 40.9 Å². The monoisotopic (exact) mass is 869 g/mol. The maximum atomic E-state index is 15.8. The molecule has 20 heteroatoms. The molecule has 0 aliphatic carbocycles. The van der Waals surface area contributed by atoms with Gasteiger partial charge in [0.2, 0.25) is 25.9 Å². The minimum absolute atomic E-state index is 0.0824. The lowest BCUT2D eigenvalue weighted by Crippen LogP contribution is -2.39. The molecule has 3 heterocycles. The minimum Gasteiger partial charge on any atom is -0.497 e. The molecular weight excluding hydrogens is 827 g/mol. The van der Waals surface area contributed by atoms with Gasteiger partial charge in [0, 0.05) is 50.2 Å². The van der Waals surface area contributed by atoms with Gasteiger partial charge in [0.1, 0.15) is 27.0 Å². The average molecular weight is 870 g/mol. The van der Waals surface area contributed by atoms with Crippen molar-refractivity contribution in [2.24, 2.45) is 0 Å². The Hall–Kier alpha value is -6.61. The summed E-state index contributed by atoms with van der Waals surface area (Å²) >= 11 is 0. The highest BCUT2D eigenvalue weighted by molar-refractivity contribution is 7.92. The first-order valence-electron chi connectivity index (χ1n) is 18.8. The summed E-state index contributed by atoms with van der Waals surface area (Å²) in [6.07, 6.45) is 1.84. The number of sulfonamides is 2. The molecule has 0 radical (unpaired) electrons. The maximum Gasteiger partial charge on any atom is 0.407 e. The highest BCUT2D eigenvalue weighted by Gasteiger charge is 2.39. The number of nitrogen functional groups attached to an aromatic ring is 1. The van der Waals surface area contributed by atoms with Gasteiger partial charge in [-0.25, -0.2) is 26.4 Å². The Kier molecular flexibility index (Phi) is 12.5. The van der Waals surface area contributed by atoms with E-state index in [2.05, 4.69) is 25.1 Å². The van der Waals surface area contributed by atoms with Gasteiger partial charge in [-0.05, 0) is 82.4 Å². The number of tetrazole rings is 1. The molecular formula is C41H43N9O9S2. The lowest BCUT2D eigenvalue weighted by Gasteiger charge is -2.26. The molecule has 1 atom stereocenters. The van der Waals surface area contributed by atoms with Crippen LogP contribution in [0.4, 0.5) is 10.5 Å². The number of hydrogen-bond donors (Lipinski definition) is 3. The van der Waals surface area contributed by atoms with Gasteiger partial charge in [0.15, 0.2) is 0 Å². The normalized spacial score (nSPS) is 14.3. The number of benzene rings is 4. The summed E-state index contributed by atoms with van der Waals surface area (Å²) in [6, 6.07) is 24.1. The summed E-state index contributed by atoms with van der Waals surface area (Å²) in [5.41, 5.74) is 8.73. The predicted octanol–water partition coefficient (Wildman–Crippen LogP) is 4.48. The van der Waals surface area contributed by atoms with E-state index in [1.165, 1.54) is 47.8 Å². The van der Waals surface area contributed by atoms with E-state index in [1.807, 2.05) is 12.1 Å². The van der Waals surface area contributed by atoms with Crippen LogP contribution in [0.5, 0.6) is 17.2 Å². The molecule has 0 saturated carbocycles. The summed E-state index contributed by atoms with van der Waals surface area (Å²) in [4.78, 5) is 17.1. The van der Waals surface area contributed by atoms with Crippen molar-refractivity contribution in [1.82, 2.24) is 39.1 Å². The molecule has 4 aromatic carbocycles. The molecule has 18 nitrogen and oxygen atoms in total. The SMILES string of the molecule is COc1ccc(CN(Cc2ccc(OC)cc2)S(=O)(=O)c2c(S(=O)(=O)N[C@@H]3CCN(C(=O)O)C3)ccc(-c3cncc(N)c3)c2-c2nnn(Cc3ccc(OC)cc3)n2)cc1. The molecule has 7 rings (SSSR count). The number of rotatable bonds is 16. The van der Waals surface area contributed by atoms with Crippen LogP contribution in [0, 0.1) is 0 Å². The van der Waals surface area contributed by atoms with E-state index in [9.17, 15) is 18.3 Å². The van der Waals surface area contributed by atoms with Crippen molar-refractivity contribution in [3.63, 3.8) is 0 Å². The summed E-state index contributed by atoms with van der Waals surface area (Å²) < 4.78 is 80.7. The third-order valence-corrected chi connectivity index (χ3v) is 13.6. The first kappa shape index (κ1) is 42.5. The van der Waals surface area contributed by atoms with Gasteiger partial charge in [0.05, 0.1) is 39.1 Å². The highest BCUT2D eigenvalue weighted by atomic mass is 32.2. The van der Waals surface area contributed by atoms with Crippen LogP contribution in [0.3, 0.4) is 0 Å². The van der Waals surface area contributed by atoms with Crippen LogP contribution in [0.2, 0.25) is 0 Å². The number of nitrogens with zero attached hydrogens (tertiary/aromatic N) is 7. The summed E-state index contributed by atoms with van der Waals surface area (Å²) in [7, 11) is -5.06. The third-order valence-electron chi connectivity index (χ3n) is 10.1. The Balaban J connectivity index is 1.46. The van der Waals surface area contributed by atoms with Crippen LogP contribution < -0.4 is 24.7 Å². The topological polar surface area (TPSA) is 234 Å². The molecule has 2 aromatic heterocycles. The second-order valence-corrected chi connectivity index (χ2v) is 17.7. The second-order valence-electron chi connectivity index (χ2n) is 14.1. The van der Waals surface area contributed by atoms with E-state index < -0.39 is 42.0 Å². The first-order chi connectivity index (χ1) is 29.3. The number of aromatic nitrogens is 5. The zero-order valence-corrected chi connectivity index (χ0v) is 35.0. The average Bonchev–Trinajstić information content (AvgIpc) is 3.93. The third kappa shape index (κ3) is 9.57. The number of pyridine rings is 1. The van der Waals surface area contributed by atoms with Gasteiger partial charge in [-0.2, -0.15) is 9.10 Å². The number of likely N-dealkylation sites (tertiary alicyclic amines) is 1. The Morgan fingerprint density at radius 1 is 0.836 bits per heavy atom. The van der Waals surface area contributed by atoms with Crippen LogP contribution >= 0.6 is 0 Å². The fraction of sp³-hybridized carbons (Fsp3) is 0.244. The molecule has 6 aromatic rings. The summed E-state index contributed by atoms with van der Waals surface area (Å²) in [6.45, 7) is -0.348. The standard InChI is InChI=1S/C41H43N9O9S2/c1-57-33-10-4-27(5-11-33)23-49(24-28-6-12-34(58-2)13-7-28)61(55,56)39-37(60(53,54)46-32-18-19-48(26-32)41(51)52)17-16-36(30-20-31(42)22-43-21-30)38(39)40-44-47-50(45-40)25-29-8-14-35(59-3)15-9-29/h4-17,20-22,32,46H,18-19,23-26,42H2,1-3H3,(H,51,52)/t32-/m1/s1. The van der Waals surface area contributed by atoms with Crippen molar-refractivity contribution in [1.29, 1.82) is 0 Å². The van der Waals surface area contributed by atoms with E-state index in [4.69, 9.17) is 19.9 Å². The van der Waals surface area contributed by atoms with Crippen LogP contribution in [-0.2, 0) is 39.7 Å². The molecule has 1 aliphatic heterocycles. The number of carboxylic acid groups (broad SMARTS) is 1. The molecule has 1 amide bonds. The van der Waals surface area contributed by atoms with E-state index in [1.54, 1.807) is 73.8 Å². The molecule has 61 heavy (non-hydrogen) atoms. The molecule has 0 unspecified atom stereocenters. The van der Waals surface area contributed by atoms with E-state index in [-0.39, 0.29) is 61.8 Å². The van der Waals surface area contributed by atoms with Gasteiger partial charge < -0.3 is 30.0 Å². The van der Waals surface area contributed by atoms with Gasteiger partial charge in [-0.1, -0.05) is 42.5 Å². The number of carbonyl (C=O) groups is 1. The Bertz CT molecular complexity index is 2680. The molecule has 0 bridgehead atoms. The van der Waals surface area contributed by atoms with Crippen LogP contribution in [0.1, 0.15) is 23.1 Å². The van der Waals surface area contributed by atoms with Crippen molar-refractivity contribution in [2.45, 2.75) is 41.9 Å².